The van der Waals surface area contributed by atoms with E-state index in [9.17, 15) is 0 Å². The maximum Gasteiger partial charge on any atom is 0.167 e. The summed E-state index contributed by atoms with van der Waals surface area (Å²) in [6.07, 6.45) is 10.9. The van der Waals surface area contributed by atoms with E-state index in [0.29, 0.717) is 23.1 Å². The third-order valence-corrected chi connectivity index (χ3v) is 7.85. The number of imidazole rings is 1. The first-order valence-electron chi connectivity index (χ1n) is 13.7. The van der Waals surface area contributed by atoms with Crippen molar-refractivity contribution >= 4 is 17.0 Å². The molecule has 1 aliphatic rings. The summed E-state index contributed by atoms with van der Waals surface area (Å²) in [4.78, 5) is 18.7. The van der Waals surface area contributed by atoms with Gasteiger partial charge in [0.15, 0.2) is 17.3 Å². The molecule has 42 heavy (non-hydrogen) atoms. The van der Waals surface area contributed by atoms with Crippen molar-refractivity contribution in [3.63, 3.8) is 0 Å². The quantitative estimate of drug-likeness (QED) is 0.324. The third kappa shape index (κ3) is 3.85. The molecule has 0 saturated carbocycles. The van der Waals surface area contributed by atoms with Crippen LogP contribution in [0.2, 0.25) is 0 Å². The fourth-order valence-corrected chi connectivity index (χ4v) is 5.81. The van der Waals surface area contributed by atoms with E-state index >= 15 is 0 Å². The van der Waals surface area contributed by atoms with Crippen LogP contribution in [0.15, 0.2) is 91.6 Å². The Bertz CT molecular complexity index is 2090. The molecule has 6 aromatic heterocycles. The molecule has 8 rings (SSSR count). The molecule has 0 radical (unpaired) electrons. The lowest BCUT2D eigenvalue weighted by molar-refractivity contribution is 0.504. The highest BCUT2D eigenvalue weighted by atomic mass is 15.4. The van der Waals surface area contributed by atoms with Gasteiger partial charge in [-0.05, 0) is 85.5 Å². The number of nitrogen functional groups attached to an aromatic ring is 1. The molecule has 11 nitrogen and oxygen atoms in total. The molecule has 6 heterocycles. The van der Waals surface area contributed by atoms with Gasteiger partial charge in [-0.15, -0.1) is 5.10 Å². The van der Waals surface area contributed by atoms with Crippen LogP contribution in [-0.2, 0) is 6.42 Å². The number of aryl methyl sites for hydroxylation is 2. The predicted octanol–water partition coefficient (Wildman–Crippen LogP) is 4.75. The molecule has 0 bridgehead atoms. The summed E-state index contributed by atoms with van der Waals surface area (Å²) in [6, 6.07) is 20.1. The average molecular weight is 552 g/mol. The van der Waals surface area contributed by atoms with Crippen LogP contribution >= 0.6 is 0 Å². The van der Waals surface area contributed by atoms with Gasteiger partial charge in [-0.1, -0.05) is 11.3 Å². The van der Waals surface area contributed by atoms with Crippen LogP contribution in [0.25, 0.3) is 45.3 Å². The molecule has 204 valence electrons. The molecule has 7 aromatic rings. The first-order valence-corrected chi connectivity index (χ1v) is 13.7. The Labute approximate surface area is 240 Å². The molecule has 0 unspecified atom stereocenters. The molecule has 1 aromatic carbocycles. The second kappa shape index (κ2) is 9.44. The number of hydrogen-bond acceptors (Lipinski definition) is 8. The van der Waals surface area contributed by atoms with Crippen molar-refractivity contribution in [3.8, 4) is 34.2 Å². The number of benzene rings is 1. The zero-order chi connectivity index (χ0) is 28.2. The summed E-state index contributed by atoms with van der Waals surface area (Å²) in [5, 5.41) is 13.3. The molecule has 0 amide bonds. The minimum absolute atomic E-state index is 0.102. The van der Waals surface area contributed by atoms with Gasteiger partial charge in [-0.3, -0.25) is 9.55 Å². The number of hydrogen-bond donors (Lipinski definition) is 1. The van der Waals surface area contributed by atoms with E-state index in [-0.39, 0.29) is 6.04 Å². The summed E-state index contributed by atoms with van der Waals surface area (Å²) in [5.41, 5.74) is 14.7. The molecular weight excluding hydrogens is 526 g/mol. The Kier molecular flexibility index (Phi) is 5.42. The van der Waals surface area contributed by atoms with Crippen LogP contribution in [0.3, 0.4) is 0 Å². The maximum atomic E-state index is 6.34. The number of nitrogens with two attached hydrogens (primary N) is 1. The number of anilines is 1. The molecule has 11 heteroatoms. The molecule has 0 aliphatic heterocycles. The lowest BCUT2D eigenvalue weighted by atomic mass is 10.1. The first kappa shape index (κ1) is 24.1. The van der Waals surface area contributed by atoms with E-state index in [0.717, 1.165) is 46.6 Å². The summed E-state index contributed by atoms with van der Waals surface area (Å²) < 4.78 is 5.77. The largest absolute Gasteiger partial charge is 0.383 e. The number of pyridine rings is 3. The van der Waals surface area contributed by atoms with Gasteiger partial charge in [-0.25, -0.2) is 24.3 Å². The van der Waals surface area contributed by atoms with Crippen LogP contribution < -0.4 is 5.73 Å². The summed E-state index contributed by atoms with van der Waals surface area (Å²) in [7, 11) is 0. The fraction of sp³-hybridized carbons (Fsp3) is 0.129. The summed E-state index contributed by atoms with van der Waals surface area (Å²) >= 11 is 0. The van der Waals surface area contributed by atoms with Gasteiger partial charge in [0.25, 0.3) is 0 Å². The highest BCUT2D eigenvalue weighted by Crippen LogP contribution is 2.38. The van der Waals surface area contributed by atoms with Gasteiger partial charge in [0.1, 0.15) is 17.0 Å². The van der Waals surface area contributed by atoms with E-state index in [4.69, 9.17) is 15.7 Å². The molecular formula is C31H25N11. The lowest BCUT2D eigenvalue weighted by Gasteiger charge is -2.14. The van der Waals surface area contributed by atoms with Crippen LogP contribution in [-0.4, -0.2) is 49.3 Å². The Morgan fingerprint density at radius 2 is 1.79 bits per heavy atom. The predicted molar refractivity (Wildman–Crippen MR) is 158 cm³/mol. The van der Waals surface area contributed by atoms with Crippen LogP contribution in [0.4, 0.5) is 5.82 Å². The van der Waals surface area contributed by atoms with Crippen LogP contribution in [0, 0.1) is 6.92 Å². The molecule has 1 atom stereocenters. The second-order valence-corrected chi connectivity index (χ2v) is 10.3. The number of aromatic nitrogens is 10. The smallest absolute Gasteiger partial charge is 0.167 e. The molecule has 0 saturated heterocycles. The van der Waals surface area contributed by atoms with Crippen molar-refractivity contribution in [1.82, 2.24) is 49.3 Å². The molecule has 2 N–H and O–H groups in total. The van der Waals surface area contributed by atoms with E-state index < -0.39 is 0 Å². The van der Waals surface area contributed by atoms with Crippen LogP contribution in [0.1, 0.15) is 29.3 Å². The van der Waals surface area contributed by atoms with Gasteiger partial charge < -0.3 is 5.73 Å². The monoisotopic (exact) mass is 551 g/mol. The topological polar surface area (TPSA) is 131 Å². The average Bonchev–Trinajstić information content (AvgIpc) is 3.82. The summed E-state index contributed by atoms with van der Waals surface area (Å²) in [5.74, 6) is 1.79. The Balaban J connectivity index is 1.24. The van der Waals surface area contributed by atoms with Gasteiger partial charge >= 0.3 is 0 Å². The lowest BCUT2D eigenvalue weighted by Crippen LogP contribution is -2.08. The SMILES string of the molecule is Cc1ncccc1-c1cn([C@H]2CCc3cc(-n4c(-c5cccnc5N)nc5ccc(-n6cccn6)nc54)ccc32)nn1. The van der Waals surface area contributed by atoms with E-state index in [1.165, 1.54) is 11.1 Å². The van der Waals surface area contributed by atoms with Crippen molar-refractivity contribution in [2.75, 3.05) is 5.73 Å². The van der Waals surface area contributed by atoms with Gasteiger partial charge in [0.05, 0.1) is 17.8 Å². The first-order chi connectivity index (χ1) is 20.6. The minimum atomic E-state index is 0.102. The zero-order valence-electron chi connectivity index (χ0n) is 22.7. The number of nitrogens with zero attached hydrogens (tertiary/aromatic N) is 10. The summed E-state index contributed by atoms with van der Waals surface area (Å²) in [6.45, 7) is 1.99. The zero-order valence-corrected chi connectivity index (χ0v) is 22.7. The molecule has 1 aliphatic carbocycles. The minimum Gasteiger partial charge on any atom is -0.383 e. The van der Waals surface area contributed by atoms with Gasteiger partial charge in [0, 0.05) is 41.7 Å². The van der Waals surface area contributed by atoms with Gasteiger partial charge in [0.2, 0.25) is 0 Å². The highest BCUT2D eigenvalue weighted by Gasteiger charge is 2.27. The van der Waals surface area contributed by atoms with E-state index in [2.05, 4.69) is 48.1 Å². The van der Waals surface area contributed by atoms with E-state index in [1.807, 2.05) is 66.5 Å². The third-order valence-electron chi connectivity index (χ3n) is 7.85. The van der Waals surface area contributed by atoms with E-state index in [1.54, 1.807) is 23.3 Å². The van der Waals surface area contributed by atoms with Crippen molar-refractivity contribution < 1.29 is 0 Å². The normalized spacial score (nSPS) is 14.5. The standard InChI is InChI=1S/C31H25N11/c1-19-22(5-2-13-33-19)26-18-41(39-38-26)27-11-7-20-17-21(8-9-23(20)27)42-30(24-6-3-14-34-29(24)32)36-25-10-12-28(37-31(25)42)40-16-4-15-35-40/h2-6,8-10,12-18,27H,7,11H2,1H3,(H2,32,34)/t27-/m0/s1. The number of fused-ring (bicyclic) bond motifs is 2. The molecule has 0 spiro atoms. The van der Waals surface area contributed by atoms with Crippen LogP contribution in [0.5, 0.6) is 0 Å². The Morgan fingerprint density at radius 3 is 2.62 bits per heavy atom. The van der Waals surface area contributed by atoms with Crippen molar-refractivity contribution in [3.05, 3.63) is 108 Å². The van der Waals surface area contributed by atoms with Gasteiger partial charge in [-0.2, -0.15) is 5.10 Å². The Hall–Kier alpha value is -5.71. The fourth-order valence-electron chi connectivity index (χ4n) is 5.81. The van der Waals surface area contributed by atoms with Crippen molar-refractivity contribution in [2.24, 2.45) is 0 Å². The Morgan fingerprint density at radius 1 is 0.905 bits per heavy atom. The number of rotatable bonds is 5. The van der Waals surface area contributed by atoms with Crippen molar-refractivity contribution in [1.29, 1.82) is 0 Å². The highest BCUT2D eigenvalue weighted by molar-refractivity contribution is 5.83. The second-order valence-electron chi connectivity index (χ2n) is 10.3. The van der Waals surface area contributed by atoms with Crippen molar-refractivity contribution in [2.45, 2.75) is 25.8 Å². The molecule has 0 fully saturated rings. The maximum absolute atomic E-state index is 6.34.